The first-order valence-corrected chi connectivity index (χ1v) is 9.79. The summed E-state index contributed by atoms with van der Waals surface area (Å²) in [5, 5.41) is 0. The Bertz CT molecular complexity index is 783. The number of ether oxygens (including phenoxy) is 2. The standard InChI is InChI=1S/C22H26N2O3/c1-26-21-13-17(8-11-20(21)27-19-6-2-3-7-19)22(25)24(18-9-10-18)15-16-5-4-12-23-14-16/h4-5,8,11-14,18-19H,2-3,6-7,9-10,15H2,1H3. The van der Waals surface area contributed by atoms with E-state index in [9.17, 15) is 4.79 Å². The number of rotatable bonds is 7. The summed E-state index contributed by atoms with van der Waals surface area (Å²) in [4.78, 5) is 19.3. The van der Waals surface area contributed by atoms with Crippen LogP contribution < -0.4 is 9.47 Å². The number of carbonyl (C=O) groups is 1. The third kappa shape index (κ3) is 4.24. The maximum atomic E-state index is 13.2. The molecule has 1 heterocycles. The topological polar surface area (TPSA) is 51.7 Å². The third-order valence-electron chi connectivity index (χ3n) is 5.33. The summed E-state index contributed by atoms with van der Waals surface area (Å²) >= 11 is 0. The van der Waals surface area contributed by atoms with Crippen molar-refractivity contribution in [2.24, 2.45) is 0 Å². The summed E-state index contributed by atoms with van der Waals surface area (Å²) in [7, 11) is 1.62. The van der Waals surface area contributed by atoms with Crippen molar-refractivity contribution < 1.29 is 14.3 Å². The summed E-state index contributed by atoms with van der Waals surface area (Å²) in [6.45, 7) is 0.583. The van der Waals surface area contributed by atoms with Gasteiger partial charge in [0.2, 0.25) is 0 Å². The zero-order valence-electron chi connectivity index (χ0n) is 15.8. The summed E-state index contributed by atoms with van der Waals surface area (Å²) in [6, 6.07) is 9.77. The van der Waals surface area contributed by atoms with Gasteiger partial charge in [0.25, 0.3) is 5.91 Å². The Hall–Kier alpha value is -2.56. The van der Waals surface area contributed by atoms with Gasteiger partial charge in [0.1, 0.15) is 0 Å². The molecule has 1 amide bonds. The molecule has 5 nitrogen and oxygen atoms in total. The Morgan fingerprint density at radius 1 is 1.15 bits per heavy atom. The van der Waals surface area contributed by atoms with E-state index in [1.807, 2.05) is 41.4 Å². The van der Waals surface area contributed by atoms with Crippen LogP contribution in [0.15, 0.2) is 42.7 Å². The molecular formula is C22H26N2O3. The lowest BCUT2D eigenvalue weighted by molar-refractivity contribution is 0.0729. The summed E-state index contributed by atoms with van der Waals surface area (Å²) in [6.07, 6.45) is 10.6. The van der Waals surface area contributed by atoms with E-state index in [1.165, 1.54) is 12.8 Å². The van der Waals surface area contributed by atoms with Gasteiger partial charge in [-0.25, -0.2) is 0 Å². The molecule has 27 heavy (non-hydrogen) atoms. The van der Waals surface area contributed by atoms with E-state index in [-0.39, 0.29) is 12.0 Å². The van der Waals surface area contributed by atoms with E-state index in [0.717, 1.165) is 37.0 Å². The summed E-state index contributed by atoms with van der Waals surface area (Å²) in [5.41, 5.74) is 1.69. The molecule has 2 aromatic rings. The van der Waals surface area contributed by atoms with Crippen molar-refractivity contribution in [3.05, 3.63) is 53.9 Å². The number of benzene rings is 1. The predicted octanol–water partition coefficient (Wildman–Crippen LogP) is 4.22. The number of methoxy groups -OCH3 is 1. The second kappa shape index (κ2) is 7.99. The Labute approximate surface area is 160 Å². The lowest BCUT2D eigenvalue weighted by Gasteiger charge is -2.23. The van der Waals surface area contributed by atoms with Crippen molar-refractivity contribution in [2.75, 3.05) is 7.11 Å². The average Bonchev–Trinajstić information content (AvgIpc) is 3.43. The molecule has 0 N–H and O–H groups in total. The Kier molecular flexibility index (Phi) is 5.28. The van der Waals surface area contributed by atoms with Crippen LogP contribution in [-0.2, 0) is 6.54 Å². The first kappa shape index (κ1) is 17.8. The highest BCUT2D eigenvalue weighted by atomic mass is 16.5. The molecule has 0 atom stereocenters. The van der Waals surface area contributed by atoms with Crippen molar-refractivity contribution in [3.8, 4) is 11.5 Å². The smallest absolute Gasteiger partial charge is 0.254 e. The van der Waals surface area contributed by atoms with Gasteiger partial charge < -0.3 is 14.4 Å². The molecule has 1 aromatic heterocycles. The number of pyridine rings is 1. The zero-order valence-corrected chi connectivity index (χ0v) is 15.8. The van der Waals surface area contributed by atoms with E-state index in [2.05, 4.69) is 4.98 Å². The van der Waals surface area contributed by atoms with Crippen LogP contribution in [0.4, 0.5) is 0 Å². The Morgan fingerprint density at radius 2 is 1.96 bits per heavy atom. The van der Waals surface area contributed by atoms with Crippen molar-refractivity contribution in [1.82, 2.24) is 9.88 Å². The van der Waals surface area contributed by atoms with E-state index in [4.69, 9.17) is 9.47 Å². The minimum Gasteiger partial charge on any atom is -0.493 e. The molecule has 2 saturated carbocycles. The highest BCUT2D eigenvalue weighted by Crippen LogP contribution is 2.34. The van der Waals surface area contributed by atoms with E-state index in [1.54, 1.807) is 13.3 Å². The average molecular weight is 366 g/mol. The molecule has 0 aliphatic heterocycles. The first-order chi connectivity index (χ1) is 13.2. The fraction of sp³-hybridized carbons (Fsp3) is 0.455. The van der Waals surface area contributed by atoms with Gasteiger partial charge >= 0.3 is 0 Å². The number of hydrogen-bond acceptors (Lipinski definition) is 4. The minimum absolute atomic E-state index is 0.0343. The Morgan fingerprint density at radius 3 is 2.63 bits per heavy atom. The van der Waals surface area contributed by atoms with Gasteiger partial charge in [-0.3, -0.25) is 9.78 Å². The third-order valence-corrected chi connectivity index (χ3v) is 5.33. The molecule has 0 unspecified atom stereocenters. The molecule has 0 radical (unpaired) electrons. The lowest BCUT2D eigenvalue weighted by atomic mass is 10.1. The van der Waals surface area contributed by atoms with Gasteiger partial charge in [0.15, 0.2) is 11.5 Å². The van der Waals surface area contributed by atoms with Gasteiger partial charge in [0.05, 0.1) is 13.2 Å². The zero-order chi connectivity index (χ0) is 18.6. The maximum Gasteiger partial charge on any atom is 0.254 e. The van der Waals surface area contributed by atoms with Crippen LogP contribution in [0.3, 0.4) is 0 Å². The first-order valence-electron chi connectivity index (χ1n) is 9.79. The van der Waals surface area contributed by atoms with Crippen LogP contribution in [0.25, 0.3) is 0 Å². The van der Waals surface area contributed by atoms with Crippen molar-refractivity contribution in [1.29, 1.82) is 0 Å². The highest BCUT2D eigenvalue weighted by molar-refractivity contribution is 5.95. The number of hydrogen-bond donors (Lipinski definition) is 0. The summed E-state index contributed by atoms with van der Waals surface area (Å²) in [5.74, 6) is 1.39. The molecule has 4 rings (SSSR count). The highest BCUT2D eigenvalue weighted by Gasteiger charge is 2.33. The molecule has 0 spiro atoms. The van der Waals surface area contributed by atoms with Gasteiger partial charge in [-0.2, -0.15) is 0 Å². The predicted molar refractivity (Wildman–Crippen MR) is 103 cm³/mol. The molecule has 2 aliphatic carbocycles. The molecule has 2 fully saturated rings. The molecule has 1 aromatic carbocycles. The molecule has 0 bridgehead atoms. The van der Waals surface area contributed by atoms with Gasteiger partial charge in [-0.1, -0.05) is 6.07 Å². The monoisotopic (exact) mass is 366 g/mol. The van der Waals surface area contributed by atoms with E-state index >= 15 is 0 Å². The molecule has 5 heteroatoms. The van der Waals surface area contributed by atoms with Crippen LogP contribution in [0.1, 0.15) is 54.4 Å². The lowest BCUT2D eigenvalue weighted by Crippen LogP contribution is -2.32. The van der Waals surface area contributed by atoms with Gasteiger partial charge in [-0.15, -0.1) is 0 Å². The number of amides is 1. The quantitative estimate of drug-likeness (QED) is 0.736. The van der Waals surface area contributed by atoms with Crippen molar-refractivity contribution in [2.45, 2.75) is 57.2 Å². The molecule has 142 valence electrons. The summed E-state index contributed by atoms with van der Waals surface area (Å²) < 4.78 is 11.6. The van der Waals surface area contributed by atoms with Crippen LogP contribution in [0.5, 0.6) is 11.5 Å². The van der Waals surface area contributed by atoms with Crippen molar-refractivity contribution in [3.63, 3.8) is 0 Å². The van der Waals surface area contributed by atoms with Gasteiger partial charge in [-0.05, 0) is 68.4 Å². The van der Waals surface area contributed by atoms with Crippen LogP contribution in [-0.4, -0.2) is 35.0 Å². The number of aromatic nitrogens is 1. The SMILES string of the molecule is COc1cc(C(=O)N(Cc2cccnc2)C2CC2)ccc1OC1CCCC1. The second-order valence-electron chi connectivity index (χ2n) is 7.42. The molecular weight excluding hydrogens is 340 g/mol. The number of nitrogens with zero attached hydrogens (tertiary/aromatic N) is 2. The van der Waals surface area contributed by atoms with Crippen LogP contribution in [0.2, 0.25) is 0 Å². The van der Waals surface area contributed by atoms with E-state index in [0.29, 0.717) is 23.9 Å². The van der Waals surface area contributed by atoms with Crippen LogP contribution in [0, 0.1) is 0 Å². The number of carbonyl (C=O) groups excluding carboxylic acids is 1. The minimum atomic E-state index is 0.0343. The Balaban J connectivity index is 1.52. The van der Waals surface area contributed by atoms with Crippen LogP contribution >= 0.6 is 0 Å². The molecule has 2 aliphatic rings. The van der Waals surface area contributed by atoms with Gasteiger partial charge in [0, 0.05) is 30.5 Å². The second-order valence-corrected chi connectivity index (χ2v) is 7.42. The largest absolute Gasteiger partial charge is 0.493 e. The van der Waals surface area contributed by atoms with Crippen molar-refractivity contribution >= 4 is 5.91 Å². The normalized spacial score (nSPS) is 16.9. The molecule has 0 saturated heterocycles. The fourth-order valence-electron chi connectivity index (χ4n) is 3.69. The maximum absolute atomic E-state index is 13.2. The van der Waals surface area contributed by atoms with E-state index < -0.39 is 0 Å². The fourth-order valence-corrected chi connectivity index (χ4v) is 3.69.